The summed E-state index contributed by atoms with van der Waals surface area (Å²) in [6, 6.07) is 1.17. The maximum Gasteiger partial charge on any atom is 0.201 e. The lowest BCUT2D eigenvalue weighted by atomic mass is 9.99. The number of furan rings is 1. The van der Waals surface area contributed by atoms with Crippen molar-refractivity contribution < 1.29 is 13.2 Å². The summed E-state index contributed by atoms with van der Waals surface area (Å²) in [5.41, 5.74) is 0.959. The van der Waals surface area contributed by atoms with Gasteiger partial charge in [0.05, 0.1) is 6.54 Å². The highest BCUT2D eigenvalue weighted by Crippen LogP contribution is 2.36. The highest BCUT2D eigenvalue weighted by molar-refractivity contribution is 9.10. The van der Waals surface area contributed by atoms with Gasteiger partial charge in [-0.1, -0.05) is 20.8 Å². The molecular formula is C16H20BrF2NO. The average Bonchev–Trinajstić information content (AvgIpc) is 2.75. The Morgan fingerprint density at radius 1 is 1.33 bits per heavy atom. The highest BCUT2D eigenvalue weighted by atomic mass is 79.9. The highest BCUT2D eigenvalue weighted by Gasteiger charge is 2.22. The van der Waals surface area contributed by atoms with Crippen LogP contribution in [0.3, 0.4) is 0 Å². The van der Waals surface area contributed by atoms with E-state index in [-0.39, 0.29) is 5.58 Å². The zero-order valence-electron chi connectivity index (χ0n) is 12.5. The van der Waals surface area contributed by atoms with Crippen LogP contribution in [0.2, 0.25) is 0 Å². The molecule has 2 aromatic rings. The van der Waals surface area contributed by atoms with E-state index in [0.717, 1.165) is 24.9 Å². The van der Waals surface area contributed by atoms with E-state index < -0.39 is 11.6 Å². The maximum absolute atomic E-state index is 14.0. The number of hydrogen-bond acceptors (Lipinski definition) is 2. The number of halogens is 3. The number of fused-ring (bicyclic) bond motifs is 1. The first-order chi connectivity index (χ1) is 9.95. The first-order valence-electron chi connectivity index (χ1n) is 7.24. The summed E-state index contributed by atoms with van der Waals surface area (Å²) in [6.07, 6.45) is 1.77. The van der Waals surface area contributed by atoms with Crippen molar-refractivity contribution in [2.24, 2.45) is 5.92 Å². The van der Waals surface area contributed by atoms with Gasteiger partial charge < -0.3 is 9.73 Å². The van der Waals surface area contributed by atoms with Crippen molar-refractivity contribution in [3.05, 3.63) is 33.5 Å². The van der Waals surface area contributed by atoms with Crippen molar-refractivity contribution in [1.29, 1.82) is 0 Å². The quantitative estimate of drug-likeness (QED) is 0.568. The molecule has 116 valence electrons. The Kier molecular flexibility index (Phi) is 5.38. The zero-order valence-corrected chi connectivity index (χ0v) is 14.1. The van der Waals surface area contributed by atoms with Gasteiger partial charge in [0.1, 0.15) is 5.76 Å². The fourth-order valence-electron chi connectivity index (χ4n) is 2.42. The Bertz CT molecular complexity index is 637. The van der Waals surface area contributed by atoms with E-state index in [1.807, 2.05) is 0 Å². The van der Waals surface area contributed by atoms with Crippen LogP contribution in [0, 0.1) is 17.6 Å². The van der Waals surface area contributed by atoms with Crippen LogP contribution in [-0.4, -0.2) is 6.54 Å². The first kappa shape index (κ1) is 16.4. The van der Waals surface area contributed by atoms with Gasteiger partial charge in [-0.3, -0.25) is 0 Å². The van der Waals surface area contributed by atoms with E-state index in [1.54, 1.807) is 0 Å². The number of benzene rings is 1. The summed E-state index contributed by atoms with van der Waals surface area (Å²) in [4.78, 5) is 0. The molecule has 1 aromatic carbocycles. The molecule has 1 N–H and O–H groups in total. The molecule has 0 saturated heterocycles. The normalized spacial score (nSPS) is 11.8. The molecule has 0 aliphatic carbocycles. The van der Waals surface area contributed by atoms with Gasteiger partial charge in [0, 0.05) is 15.4 Å². The minimum absolute atomic E-state index is 0.00539. The fourth-order valence-corrected chi connectivity index (χ4v) is 3.04. The van der Waals surface area contributed by atoms with E-state index in [1.165, 1.54) is 6.07 Å². The summed E-state index contributed by atoms with van der Waals surface area (Å²) in [5, 5.41) is 3.90. The maximum atomic E-state index is 14.0. The lowest BCUT2D eigenvalue weighted by Gasteiger charge is -2.07. The molecule has 0 saturated carbocycles. The van der Waals surface area contributed by atoms with Crippen molar-refractivity contribution in [2.45, 2.75) is 40.2 Å². The van der Waals surface area contributed by atoms with Crippen LogP contribution in [0.15, 0.2) is 15.0 Å². The largest absolute Gasteiger partial charge is 0.456 e. The second kappa shape index (κ2) is 6.88. The molecule has 0 bridgehead atoms. The van der Waals surface area contributed by atoms with E-state index >= 15 is 0 Å². The molecule has 0 fully saturated rings. The van der Waals surface area contributed by atoms with Crippen LogP contribution in [0.4, 0.5) is 8.78 Å². The molecule has 0 radical (unpaired) electrons. The molecular weight excluding hydrogens is 340 g/mol. The molecule has 2 rings (SSSR count). The standard InChI is InChI=1S/C16H20BrF2NO/c1-4-5-20-8-13-10(6-9(2)3)14-11(17)7-12(18)15(19)16(14)21-13/h7,9,20H,4-6,8H2,1-3H3. The summed E-state index contributed by atoms with van der Waals surface area (Å²) in [6.45, 7) is 7.65. The predicted molar refractivity (Wildman–Crippen MR) is 84.4 cm³/mol. The zero-order chi connectivity index (χ0) is 15.6. The topological polar surface area (TPSA) is 25.2 Å². The van der Waals surface area contributed by atoms with E-state index in [9.17, 15) is 8.78 Å². The summed E-state index contributed by atoms with van der Waals surface area (Å²) >= 11 is 3.33. The van der Waals surface area contributed by atoms with Crippen LogP contribution in [0.25, 0.3) is 11.0 Å². The number of hydrogen-bond donors (Lipinski definition) is 1. The molecule has 0 aliphatic heterocycles. The Morgan fingerprint density at radius 3 is 2.67 bits per heavy atom. The van der Waals surface area contributed by atoms with Gasteiger partial charge in [0.2, 0.25) is 5.82 Å². The molecule has 1 heterocycles. The second-order valence-corrected chi connectivity index (χ2v) is 6.49. The van der Waals surface area contributed by atoms with Crippen molar-refractivity contribution >= 4 is 26.9 Å². The van der Waals surface area contributed by atoms with Crippen LogP contribution >= 0.6 is 15.9 Å². The Morgan fingerprint density at radius 2 is 2.05 bits per heavy atom. The Balaban J connectivity index is 2.55. The van der Waals surface area contributed by atoms with Gasteiger partial charge in [0.25, 0.3) is 0 Å². The minimum Gasteiger partial charge on any atom is -0.456 e. The molecule has 0 unspecified atom stereocenters. The summed E-state index contributed by atoms with van der Waals surface area (Å²) in [7, 11) is 0. The molecule has 5 heteroatoms. The Labute approximate surface area is 132 Å². The van der Waals surface area contributed by atoms with E-state index in [2.05, 4.69) is 42.0 Å². The third-order valence-corrected chi connectivity index (χ3v) is 3.94. The lowest BCUT2D eigenvalue weighted by molar-refractivity contribution is 0.464. The van der Waals surface area contributed by atoms with Crippen LogP contribution < -0.4 is 5.32 Å². The van der Waals surface area contributed by atoms with Crippen molar-refractivity contribution in [3.8, 4) is 0 Å². The molecule has 0 atom stereocenters. The SMILES string of the molecule is CCCNCc1oc2c(F)c(F)cc(Br)c2c1CC(C)C. The van der Waals surface area contributed by atoms with Crippen LogP contribution in [-0.2, 0) is 13.0 Å². The monoisotopic (exact) mass is 359 g/mol. The molecule has 1 aromatic heterocycles. The summed E-state index contributed by atoms with van der Waals surface area (Å²) < 4.78 is 33.7. The minimum atomic E-state index is -0.917. The Hall–Kier alpha value is -0.940. The van der Waals surface area contributed by atoms with Crippen molar-refractivity contribution in [3.63, 3.8) is 0 Å². The van der Waals surface area contributed by atoms with E-state index in [0.29, 0.717) is 28.1 Å². The van der Waals surface area contributed by atoms with Gasteiger partial charge in [0.15, 0.2) is 11.4 Å². The van der Waals surface area contributed by atoms with Crippen molar-refractivity contribution in [2.75, 3.05) is 6.54 Å². The second-order valence-electron chi connectivity index (χ2n) is 5.64. The molecule has 0 aliphatic rings. The molecule has 2 nitrogen and oxygen atoms in total. The van der Waals surface area contributed by atoms with E-state index in [4.69, 9.17) is 4.42 Å². The number of nitrogens with one attached hydrogen (secondary N) is 1. The van der Waals surface area contributed by atoms with Gasteiger partial charge in [-0.2, -0.15) is 4.39 Å². The van der Waals surface area contributed by atoms with Gasteiger partial charge in [-0.05, 0) is 47.3 Å². The third-order valence-electron chi connectivity index (χ3n) is 3.32. The predicted octanol–water partition coefficient (Wildman–Crippen LogP) is 5.17. The summed E-state index contributed by atoms with van der Waals surface area (Å²) in [5.74, 6) is -0.722. The van der Waals surface area contributed by atoms with Gasteiger partial charge >= 0.3 is 0 Å². The molecule has 0 amide bonds. The smallest absolute Gasteiger partial charge is 0.201 e. The van der Waals surface area contributed by atoms with Crippen LogP contribution in [0.5, 0.6) is 0 Å². The third kappa shape index (κ3) is 3.46. The molecule has 0 spiro atoms. The lowest BCUT2D eigenvalue weighted by Crippen LogP contribution is -2.14. The average molecular weight is 360 g/mol. The van der Waals surface area contributed by atoms with Crippen molar-refractivity contribution in [1.82, 2.24) is 5.32 Å². The fraction of sp³-hybridized carbons (Fsp3) is 0.500. The first-order valence-corrected chi connectivity index (χ1v) is 8.03. The van der Waals surface area contributed by atoms with Gasteiger partial charge in [-0.15, -0.1) is 0 Å². The molecule has 21 heavy (non-hydrogen) atoms. The number of rotatable bonds is 6. The van der Waals surface area contributed by atoms with Gasteiger partial charge in [-0.25, -0.2) is 4.39 Å². The van der Waals surface area contributed by atoms with Crippen LogP contribution in [0.1, 0.15) is 38.5 Å².